The number of hydrogen-bond donors (Lipinski definition) is 1. The maximum atomic E-state index is 8.63. The molecule has 0 saturated heterocycles. The highest BCUT2D eigenvalue weighted by Crippen LogP contribution is 2.21. The first-order valence-corrected chi connectivity index (χ1v) is 6.47. The van der Waals surface area contributed by atoms with Gasteiger partial charge in [0.1, 0.15) is 0 Å². The molecule has 2 nitrogen and oxygen atoms in total. The van der Waals surface area contributed by atoms with E-state index in [9.17, 15) is 0 Å². The zero-order chi connectivity index (χ0) is 12.7. The lowest BCUT2D eigenvalue weighted by atomic mass is 10.1. The van der Waals surface area contributed by atoms with Crippen LogP contribution in [-0.4, -0.2) is 12.6 Å². The lowest BCUT2D eigenvalue weighted by Gasteiger charge is -2.13. The second-order valence-corrected chi connectivity index (χ2v) is 4.75. The normalized spacial score (nSPS) is 12.1. The molecule has 1 aromatic rings. The maximum absolute atomic E-state index is 8.63. The highest BCUT2D eigenvalue weighted by atomic mass is 35.5. The van der Waals surface area contributed by atoms with Crippen LogP contribution in [0.2, 0.25) is 10.0 Å². The van der Waals surface area contributed by atoms with Gasteiger partial charge in [-0.05, 0) is 37.1 Å². The molecule has 1 unspecified atom stereocenters. The number of halogens is 2. The van der Waals surface area contributed by atoms with Gasteiger partial charge < -0.3 is 5.32 Å². The summed E-state index contributed by atoms with van der Waals surface area (Å²) in [4.78, 5) is 0. The molecule has 0 radical (unpaired) electrons. The Balaban J connectivity index is 2.43. The van der Waals surface area contributed by atoms with E-state index in [4.69, 9.17) is 28.5 Å². The van der Waals surface area contributed by atoms with Crippen molar-refractivity contribution >= 4 is 23.2 Å². The quantitative estimate of drug-likeness (QED) is 0.853. The Hall–Kier alpha value is -0.750. The van der Waals surface area contributed by atoms with Crippen molar-refractivity contribution in [1.29, 1.82) is 5.26 Å². The van der Waals surface area contributed by atoms with Crippen LogP contribution < -0.4 is 5.32 Å². The Labute approximate surface area is 113 Å². The summed E-state index contributed by atoms with van der Waals surface area (Å²) in [6, 6.07) is 7.99. The molecular formula is C13H16Cl2N2. The van der Waals surface area contributed by atoms with Gasteiger partial charge in [-0.1, -0.05) is 36.2 Å². The molecule has 0 aromatic heterocycles. The smallest absolute Gasteiger partial charge is 0.0638 e. The molecule has 4 heteroatoms. The molecule has 0 aliphatic rings. The third-order valence-electron chi connectivity index (χ3n) is 2.67. The fourth-order valence-electron chi connectivity index (χ4n) is 1.61. The fraction of sp³-hybridized carbons (Fsp3) is 0.462. The number of benzene rings is 1. The van der Waals surface area contributed by atoms with Crippen LogP contribution in [0.15, 0.2) is 18.2 Å². The zero-order valence-corrected chi connectivity index (χ0v) is 11.4. The molecule has 0 bridgehead atoms. The zero-order valence-electron chi connectivity index (χ0n) is 9.84. The first kappa shape index (κ1) is 14.3. The summed E-state index contributed by atoms with van der Waals surface area (Å²) in [5, 5.41) is 13.3. The molecule has 1 aromatic carbocycles. The van der Waals surface area contributed by atoms with Crippen LogP contribution in [0, 0.1) is 11.3 Å². The molecule has 0 heterocycles. The van der Waals surface area contributed by atoms with Crippen LogP contribution in [0.4, 0.5) is 0 Å². The summed E-state index contributed by atoms with van der Waals surface area (Å²) in [5.74, 6) is 0. The van der Waals surface area contributed by atoms with Crippen molar-refractivity contribution in [3.8, 4) is 6.07 Å². The monoisotopic (exact) mass is 270 g/mol. The Morgan fingerprint density at radius 3 is 2.76 bits per heavy atom. The van der Waals surface area contributed by atoms with Gasteiger partial charge in [0.2, 0.25) is 0 Å². The van der Waals surface area contributed by atoms with Crippen molar-refractivity contribution in [3.63, 3.8) is 0 Å². The summed E-state index contributed by atoms with van der Waals surface area (Å²) < 4.78 is 0. The van der Waals surface area contributed by atoms with Gasteiger partial charge in [-0.25, -0.2) is 0 Å². The number of rotatable bonds is 6. The molecule has 1 rings (SSSR count). The molecule has 92 valence electrons. The summed E-state index contributed by atoms with van der Waals surface area (Å²) in [6.07, 6.45) is 2.35. The molecule has 1 N–H and O–H groups in total. The third kappa shape index (κ3) is 4.95. The van der Waals surface area contributed by atoms with Gasteiger partial charge >= 0.3 is 0 Å². The predicted molar refractivity (Wildman–Crippen MR) is 72.5 cm³/mol. The Bertz CT molecular complexity index is 399. The molecule has 0 aliphatic heterocycles. The summed E-state index contributed by atoms with van der Waals surface area (Å²) >= 11 is 11.9. The Kier molecular flexibility index (Phi) is 6.36. The minimum atomic E-state index is 0.270. The average molecular weight is 271 g/mol. The van der Waals surface area contributed by atoms with E-state index < -0.39 is 0 Å². The second-order valence-electron chi connectivity index (χ2n) is 3.91. The molecule has 0 fully saturated rings. The van der Waals surface area contributed by atoms with Gasteiger partial charge in [-0.15, -0.1) is 0 Å². The lowest BCUT2D eigenvalue weighted by molar-refractivity contribution is 0.509. The van der Waals surface area contributed by atoms with E-state index in [0.29, 0.717) is 16.5 Å². The van der Waals surface area contributed by atoms with Gasteiger partial charge in [-0.3, -0.25) is 0 Å². The molecule has 0 aliphatic carbocycles. The summed E-state index contributed by atoms with van der Waals surface area (Å²) in [7, 11) is 0. The number of nitriles is 1. The van der Waals surface area contributed by atoms with E-state index in [1.165, 1.54) is 0 Å². The highest BCUT2D eigenvalue weighted by molar-refractivity contribution is 6.35. The van der Waals surface area contributed by atoms with E-state index in [0.717, 1.165) is 24.9 Å². The van der Waals surface area contributed by atoms with Gasteiger partial charge in [0.25, 0.3) is 0 Å². The van der Waals surface area contributed by atoms with Crippen molar-refractivity contribution < 1.29 is 0 Å². The largest absolute Gasteiger partial charge is 0.313 e. The molecule has 0 amide bonds. The fourth-order valence-corrected chi connectivity index (χ4v) is 2.11. The first-order valence-electron chi connectivity index (χ1n) is 5.71. The average Bonchev–Trinajstić information content (AvgIpc) is 2.30. The van der Waals surface area contributed by atoms with E-state index in [1.54, 1.807) is 6.07 Å². The van der Waals surface area contributed by atoms with Crippen LogP contribution in [0.25, 0.3) is 0 Å². The van der Waals surface area contributed by atoms with Crippen molar-refractivity contribution in [1.82, 2.24) is 5.32 Å². The van der Waals surface area contributed by atoms with Crippen LogP contribution >= 0.6 is 23.2 Å². The lowest BCUT2D eigenvalue weighted by Crippen LogP contribution is -2.29. The van der Waals surface area contributed by atoms with E-state index in [-0.39, 0.29) is 6.04 Å². The Morgan fingerprint density at radius 2 is 2.18 bits per heavy atom. The van der Waals surface area contributed by atoms with E-state index in [2.05, 4.69) is 18.3 Å². The van der Waals surface area contributed by atoms with Gasteiger partial charge in [-0.2, -0.15) is 5.26 Å². The Morgan fingerprint density at radius 1 is 1.41 bits per heavy atom. The van der Waals surface area contributed by atoms with Crippen molar-refractivity contribution in [3.05, 3.63) is 33.8 Å². The van der Waals surface area contributed by atoms with Gasteiger partial charge in [0.15, 0.2) is 0 Å². The maximum Gasteiger partial charge on any atom is 0.0638 e. The van der Waals surface area contributed by atoms with E-state index >= 15 is 0 Å². The third-order valence-corrected chi connectivity index (χ3v) is 3.26. The van der Waals surface area contributed by atoms with Crippen molar-refractivity contribution in [2.24, 2.45) is 0 Å². The van der Waals surface area contributed by atoms with Gasteiger partial charge in [0, 0.05) is 16.1 Å². The molecule has 0 saturated carbocycles. The highest BCUT2D eigenvalue weighted by Gasteiger charge is 2.05. The topological polar surface area (TPSA) is 35.8 Å². The van der Waals surface area contributed by atoms with Crippen LogP contribution in [-0.2, 0) is 6.42 Å². The first-order chi connectivity index (χ1) is 8.17. The molecule has 1 atom stereocenters. The number of hydrogen-bond acceptors (Lipinski definition) is 2. The van der Waals surface area contributed by atoms with Crippen LogP contribution in [0.1, 0.15) is 25.3 Å². The van der Waals surface area contributed by atoms with E-state index in [1.807, 2.05) is 12.1 Å². The van der Waals surface area contributed by atoms with Crippen LogP contribution in [0.5, 0.6) is 0 Å². The van der Waals surface area contributed by atoms with Crippen molar-refractivity contribution in [2.75, 3.05) is 6.54 Å². The summed E-state index contributed by atoms with van der Waals surface area (Å²) in [6.45, 7) is 2.89. The minimum Gasteiger partial charge on any atom is -0.313 e. The molecular weight excluding hydrogens is 255 g/mol. The standard InChI is InChI=1S/C13H16Cl2N2/c1-2-12(5-7-16)17-8-6-10-3-4-11(14)9-13(10)15/h3-4,9,12,17H,2,5-6,8H2,1H3. The number of nitrogens with one attached hydrogen (secondary N) is 1. The summed E-state index contributed by atoms with van der Waals surface area (Å²) in [5.41, 5.74) is 1.08. The van der Waals surface area contributed by atoms with Crippen LogP contribution in [0.3, 0.4) is 0 Å². The second kappa shape index (κ2) is 7.55. The van der Waals surface area contributed by atoms with Crippen molar-refractivity contribution in [2.45, 2.75) is 32.2 Å². The molecule has 0 spiro atoms. The predicted octanol–water partition coefficient (Wildman–Crippen LogP) is 3.82. The number of nitrogens with zero attached hydrogens (tertiary/aromatic N) is 1. The minimum absolute atomic E-state index is 0.270. The molecule has 17 heavy (non-hydrogen) atoms. The van der Waals surface area contributed by atoms with Gasteiger partial charge in [0.05, 0.1) is 12.5 Å². The SMILES string of the molecule is CCC(CC#N)NCCc1ccc(Cl)cc1Cl.